The van der Waals surface area contributed by atoms with Crippen LogP contribution in [0, 0.1) is 6.92 Å². The minimum atomic E-state index is 0.417. The number of pyridine rings is 2. The number of aryl methyl sites for hydroxylation is 1. The van der Waals surface area contributed by atoms with Crippen LogP contribution in [0.15, 0.2) is 54.9 Å². The molecule has 0 amide bonds. The lowest BCUT2D eigenvalue weighted by molar-refractivity contribution is 1.05. The fourth-order valence-electron chi connectivity index (χ4n) is 3.16. The topological polar surface area (TPSA) is 110 Å². The number of nitrogen functional groups attached to an aromatic ring is 1. The molecular formula is C19H16N8. The number of aromatic amines is 1. The summed E-state index contributed by atoms with van der Waals surface area (Å²) in [6.45, 7) is 1.82. The number of nitrogens with zero attached hydrogens (tertiary/aromatic N) is 5. The van der Waals surface area contributed by atoms with Gasteiger partial charge < -0.3 is 16.0 Å². The van der Waals surface area contributed by atoms with Crippen LogP contribution < -0.4 is 11.1 Å². The summed E-state index contributed by atoms with van der Waals surface area (Å²) in [5.74, 6) is 2.36. The van der Waals surface area contributed by atoms with Crippen LogP contribution in [0.2, 0.25) is 0 Å². The van der Waals surface area contributed by atoms with E-state index in [0.717, 1.165) is 22.4 Å². The van der Waals surface area contributed by atoms with Gasteiger partial charge in [0.05, 0.1) is 5.69 Å². The number of hydrogen-bond acceptors (Lipinski definition) is 6. The minimum Gasteiger partial charge on any atom is -0.384 e. The first-order valence-corrected chi connectivity index (χ1v) is 8.47. The molecule has 0 saturated carbocycles. The van der Waals surface area contributed by atoms with Gasteiger partial charge in [0, 0.05) is 23.8 Å². The van der Waals surface area contributed by atoms with Crippen molar-refractivity contribution in [3.8, 4) is 11.4 Å². The number of hydrogen-bond donors (Lipinski definition) is 3. The SMILES string of the molecule is Cc1nc(N)cc(-c2c(Nc3ccc4cc[nH]c4n3)nc3ccccn23)n1. The first kappa shape index (κ1) is 15.3. The Morgan fingerprint density at radius 3 is 2.85 bits per heavy atom. The number of imidazole rings is 1. The molecule has 0 saturated heterocycles. The highest BCUT2D eigenvalue weighted by Crippen LogP contribution is 2.30. The summed E-state index contributed by atoms with van der Waals surface area (Å²) in [6.07, 6.45) is 3.81. The summed E-state index contributed by atoms with van der Waals surface area (Å²) in [6, 6.07) is 13.5. The molecular weight excluding hydrogens is 340 g/mol. The Hall–Kier alpha value is -3.94. The standard InChI is InChI=1S/C19H16N8/c1-11-22-13(10-14(20)23-11)17-19(26-16-4-2-3-9-27(16)17)25-15-6-5-12-7-8-21-18(12)24-15/h2-10H,1H3,(H2,20,22,23)(H2,21,24,25). The van der Waals surface area contributed by atoms with E-state index in [0.29, 0.717) is 29.0 Å². The Balaban J connectivity index is 1.69. The molecule has 27 heavy (non-hydrogen) atoms. The van der Waals surface area contributed by atoms with Crippen molar-refractivity contribution in [2.75, 3.05) is 11.1 Å². The van der Waals surface area contributed by atoms with Gasteiger partial charge in [0.1, 0.15) is 34.4 Å². The molecule has 0 aliphatic carbocycles. The fraction of sp³-hybridized carbons (Fsp3) is 0.0526. The van der Waals surface area contributed by atoms with Crippen LogP contribution in [0.25, 0.3) is 28.1 Å². The summed E-state index contributed by atoms with van der Waals surface area (Å²) in [5, 5.41) is 4.37. The highest BCUT2D eigenvalue weighted by atomic mass is 15.2. The van der Waals surface area contributed by atoms with E-state index in [-0.39, 0.29) is 0 Å². The molecule has 5 heterocycles. The highest BCUT2D eigenvalue weighted by Gasteiger charge is 2.17. The lowest BCUT2D eigenvalue weighted by atomic mass is 10.2. The van der Waals surface area contributed by atoms with Crippen molar-refractivity contribution in [3.63, 3.8) is 0 Å². The first-order chi connectivity index (χ1) is 13.2. The maximum Gasteiger partial charge on any atom is 0.160 e. The Kier molecular flexibility index (Phi) is 3.29. The normalized spacial score (nSPS) is 11.3. The Morgan fingerprint density at radius 2 is 1.96 bits per heavy atom. The van der Waals surface area contributed by atoms with E-state index in [9.17, 15) is 0 Å². The Morgan fingerprint density at radius 1 is 1.04 bits per heavy atom. The molecule has 8 nitrogen and oxygen atoms in total. The van der Waals surface area contributed by atoms with Crippen molar-refractivity contribution in [2.24, 2.45) is 0 Å². The van der Waals surface area contributed by atoms with Crippen LogP contribution in [0.4, 0.5) is 17.5 Å². The third kappa shape index (κ3) is 2.63. The van der Waals surface area contributed by atoms with Gasteiger partial charge in [0.15, 0.2) is 5.82 Å². The second-order valence-corrected chi connectivity index (χ2v) is 6.20. The summed E-state index contributed by atoms with van der Waals surface area (Å²) in [7, 11) is 0. The van der Waals surface area contributed by atoms with Crippen molar-refractivity contribution in [1.82, 2.24) is 29.3 Å². The maximum absolute atomic E-state index is 5.94. The van der Waals surface area contributed by atoms with Crippen LogP contribution in [-0.2, 0) is 0 Å². The highest BCUT2D eigenvalue weighted by molar-refractivity contribution is 5.81. The fourth-order valence-corrected chi connectivity index (χ4v) is 3.16. The molecule has 0 fully saturated rings. The van der Waals surface area contributed by atoms with Crippen LogP contribution >= 0.6 is 0 Å². The number of anilines is 3. The Labute approximate surface area is 154 Å². The monoisotopic (exact) mass is 356 g/mol. The van der Waals surface area contributed by atoms with E-state index >= 15 is 0 Å². The molecule has 0 spiro atoms. The average molecular weight is 356 g/mol. The summed E-state index contributed by atoms with van der Waals surface area (Å²) >= 11 is 0. The lowest BCUT2D eigenvalue weighted by Gasteiger charge is -2.08. The summed E-state index contributed by atoms with van der Waals surface area (Å²) in [4.78, 5) is 21.1. The largest absolute Gasteiger partial charge is 0.384 e. The number of rotatable bonds is 3. The number of nitrogens with two attached hydrogens (primary N) is 1. The van der Waals surface area contributed by atoms with Crippen molar-refractivity contribution in [1.29, 1.82) is 0 Å². The van der Waals surface area contributed by atoms with E-state index in [1.165, 1.54) is 0 Å². The molecule has 4 N–H and O–H groups in total. The van der Waals surface area contributed by atoms with Gasteiger partial charge in [-0.1, -0.05) is 6.07 Å². The molecule has 5 aromatic rings. The van der Waals surface area contributed by atoms with Crippen molar-refractivity contribution in [3.05, 3.63) is 60.7 Å². The molecule has 8 heteroatoms. The predicted octanol–water partition coefficient (Wildman–Crippen LogP) is 3.30. The van der Waals surface area contributed by atoms with E-state index in [1.54, 1.807) is 6.07 Å². The van der Waals surface area contributed by atoms with E-state index < -0.39 is 0 Å². The van der Waals surface area contributed by atoms with E-state index in [4.69, 9.17) is 10.7 Å². The van der Waals surface area contributed by atoms with Crippen molar-refractivity contribution < 1.29 is 0 Å². The quantitative estimate of drug-likeness (QED) is 0.457. The van der Waals surface area contributed by atoms with Crippen molar-refractivity contribution in [2.45, 2.75) is 6.92 Å². The van der Waals surface area contributed by atoms with Gasteiger partial charge in [-0.25, -0.2) is 19.9 Å². The third-order valence-electron chi connectivity index (χ3n) is 4.29. The molecule has 132 valence electrons. The Bertz CT molecular complexity index is 1260. The maximum atomic E-state index is 5.94. The van der Waals surface area contributed by atoms with Gasteiger partial charge in [-0.2, -0.15) is 0 Å². The molecule has 0 bridgehead atoms. The molecule has 0 radical (unpaired) electrons. The van der Waals surface area contributed by atoms with Crippen molar-refractivity contribution >= 4 is 34.1 Å². The number of H-pyrrole nitrogens is 1. The minimum absolute atomic E-state index is 0.417. The molecule has 0 aromatic carbocycles. The van der Waals surface area contributed by atoms with E-state index in [1.807, 2.05) is 60.1 Å². The number of nitrogens with one attached hydrogen (secondary N) is 2. The summed E-state index contributed by atoms with van der Waals surface area (Å²) < 4.78 is 1.97. The van der Waals surface area contributed by atoms with Gasteiger partial charge in [0.2, 0.25) is 0 Å². The van der Waals surface area contributed by atoms with Crippen LogP contribution in [0.3, 0.4) is 0 Å². The second-order valence-electron chi connectivity index (χ2n) is 6.20. The van der Waals surface area contributed by atoms with Gasteiger partial charge in [-0.3, -0.25) is 4.40 Å². The predicted molar refractivity (Wildman–Crippen MR) is 105 cm³/mol. The van der Waals surface area contributed by atoms with Crippen LogP contribution in [-0.4, -0.2) is 29.3 Å². The van der Waals surface area contributed by atoms with E-state index in [2.05, 4.69) is 25.3 Å². The zero-order valence-electron chi connectivity index (χ0n) is 14.5. The molecule has 5 rings (SSSR count). The molecule has 0 unspecified atom stereocenters. The summed E-state index contributed by atoms with van der Waals surface area (Å²) in [5.41, 5.74) is 9.05. The third-order valence-corrected chi connectivity index (χ3v) is 4.29. The average Bonchev–Trinajstić information content (AvgIpc) is 3.24. The number of aromatic nitrogens is 6. The zero-order chi connectivity index (χ0) is 18.4. The lowest BCUT2D eigenvalue weighted by Crippen LogP contribution is -2.01. The number of fused-ring (bicyclic) bond motifs is 2. The first-order valence-electron chi connectivity index (χ1n) is 8.47. The molecule has 0 aliphatic heterocycles. The zero-order valence-corrected chi connectivity index (χ0v) is 14.5. The smallest absolute Gasteiger partial charge is 0.160 e. The van der Waals surface area contributed by atoms with Crippen LogP contribution in [0.1, 0.15) is 5.82 Å². The van der Waals surface area contributed by atoms with Crippen LogP contribution in [0.5, 0.6) is 0 Å². The van der Waals surface area contributed by atoms with Gasteiger partial charge in [-0.05, 0) is 37.3 Å². The second kappa shape index (κ2) is 5.80. The van der Waals surface area contributed by atoms with Gasteiger partial charge in [-0.15, -0.1) is 0 Å². The molecule has 5 aromatic heterocycles. The van der Waals surface area contributed by atoms with Gasteiger partial charge >= 0.3 is 0 Å². The molecule has 0 aliphatic rings. The van der Waals surface area contributed by atoms with Gasteiger partial charge in [0.25, 0.3) is 0 Å². The molecule has 0 atom stereocenters.